The fraction of sp³-hybridized carbons (Fsp3) is 0.533. The van der Waals surface area contributed by atoms with Gasteiger partial charge in [0, 0.05) is 18.8 Å². The van der Waals surface area contributed by atoms with Gasteiger partial charge in [-0.05, 0) is 44.6 Å². The maximum absolute atomic E-state index is 11.5. The molecule has 0 atom stereocenters. The summed E-state index contributed by atoms with van der Waals surface area (Å²) < 4.78 is 0. The number of likely N-dealkylation sites (N-methyl/N-ethyl adjacent to an activating group) is 1. The number of carbonyl (C=O) groups is 1. The number of hydrogen-bond acceptors (Lipinski definition) is 3. The Kier molecular flexibility index (Phi) is 4.80. The molecule has 104 valence electrons. The lowest BCUT2D eigenvalue weighted by atomic mass is 10.0. The Morgan fingerprint density at radius 2 is 2.00 bits per heavy atom. The second kappa shape index (κ2) is 6.57. The average Bonchev–Trinajstić information content (AvgIpc) is 2.43. The number of piperidine rings is 1. The van der Waals surface area contributed by atoms with Crippen molar-refractivity contribution in [2.45, 2.75) is 25.3 Å². The zero-order valence-electron chi connectivity index (χ0n) is 11.8. The van der Waals surface area contributed by atoms with Crippen molar-refractivity contribution in [3.05, 3.63) is 29.8 Å². The Morgan fingerprint density at radius 3 is 2.68 bits per heavy atom. The molecular weight excluding hydrogens is 238 g/mol. The Morgan fingerprint density at radius 1 is 1.32 bits per heavy atom. The van der Waals surface area contributed by atoms with E-state index in [0.29, 0.717) is 12.5 Å². The molecule has 1 amide bonds. The van der Waals surface area contributed by atoms with E-state index in [2.05, 4.69) is 28.6 Å². The number of nitrogens with zero attached hydrogens (tertiary/aromatic N) is 1. The molecule has 0 saturated carbocycles. The van der Waals surface area contributed by atoms with Gasteiger partial charge in [-0.25, -0.2) is 0 Å². The predicted octanol–water partition coefficient (Wildman–Crippen LogP) is 1.48. The smallest absolute Gasteiger partial charge is 0.224 e. The van der Waals surface area contributed by atoms with E-state index in [1.54, 1.807) is 7.05 Å². The van der Waals surface area contributed by atoms with Crippen LogP contribution in [0.4, 0.5) is 5.69 Å². The van der Waals surface area contributed by atoms with E-state index < -0.39 is 0 Å². The normalized spacial score (nSPS) is 17.2. The summed E-state index contributed by atoms with van der Waals surface area (Å²) in [5.74, 6) is 0.0534. The summed E-state index contributed by atoms with van der Waals surface area (Å²) in [7, 11) is 3.84. The Hall–Kier alpha value is -1.55. The lowest BCUT2D eigenvalue weighted by Crippen LogP contribution is -2.37. The standard InChI is InChI=1S/C15H23N3O/c1-16-15(19)11-12-5-3-4-6-14(12)17-13-7-9-18(2)10-8-13/h3-6,13,17H,7-11H2,1-2H3,(H,16,19). The average molecular weight is 261 g/mol. The maximum Gasteiger partial charge on any atom is 0.224 e. The van der Waals surface area contributed by atoms with E-state index in [4.69, 9.17) is 0 Å². The molecule has 2 rings (SSSR count). The van der Waals surface area contributed by atoms with Crippen molar-refractivity contribution >= 4 is 11.6 Å². The monoisotopic (exact) mass is 261 g/mol. The highest BCUT2D eigenvalue weighted by Gasteiger charge is 2.17. The van der Waals surface area contributed by atoms with Gasteiger partial charge in [0.25, 0.3) is 0 Å². The molecule has 1 heterocycles. The third kappa shape index (κ3) is 3.96. The SMILES string of the molecule is CNC(=O)Cc1ccccc1NC1CCN(C)CC1. The van der Waals surface area contributed by atoms with Gasteiger partial charge in [-0.1, -0.05) is 18.2 Å². The molecule has 4 heteroatoms. The Bertz CT molecular complexity index is 425. The highest BCUT2D eigenvalue weighted by atomic mass is 16.1. The van der Waals surface area contributed by atoms with E-state index in [1.807, 2.05) is 18.2 Å². The minimum Gasteiger partial charge on any atom is -0.382 e. The van der Waals surface area contributed by atoms with Gasteiger partial charge < -0.3 is 15.5 Å². The number of rotatable bonds is 4. The van der Waals surface area contributed by atoms with Crippen molar-refractivity contribution in [3.63, 3.8) is 0 Å². The van der Waals surface area contributed by atoms with Crippen molar-refractivity contribution in [1.82, 2.24) is 10.2 Å². The second-order valence-corrected chi connectivity index (χ2v) is 5.23. The van der Waals surface area contributed by atoms with Crippen LogP contribution >= 0.6 is 0 Å². The number of benzene rings is 1. The van der Waals surface area contributed by atoms with E-state index in [0.717, 1.165) is 37.2 Å². The predicted molar refractivity (Wildman–Crippen MR) is 78.4 cm³/mol. The molecule has 1 aromatic carbocycles. The van der Waals surface area contributed by atoms with Crippen LogP contribution in [0, 0.1) is 0 Å². The van der Waals surface area contributed by atoms with Gasteiger partial charge in [-0.15, -0.1) is 0 Å². The molecule has 1 aliphatic rings. The first-order valence-electron chi connectivity index (χ1n) is 6.92. The van der Waals surface area contributed by atoms with E-state index in [1.165, 1.54) is 0 Å². The van der Waals surface area contributed by atoms with Gasteiger partial charge >= 0.3 is 0 Å². The van der Waals surface area contributed by atoms with E-state index in [-0.39, 0.29) is 5.91 Å². The molecule has 4 nitrogen and oxygen atoms in total. The van der Waals surface area contributed by atoms with Gasteiger partial charge in [0.15, 0.2) is 0 Å². The molecule has 1 aromatic rings. The molecule has 0 aromatic heterocycles. The van der Waals surface area contributed by atoms with Crippen molar-refractivity contribution < 1.29 is 4.79 Å². The Labute approximate surface area is 115 Å². The van der Waals surface area contributed by atoms with Crippen LogP contribution in [0.1, 0.15) is 18.4 Å². The summed E-state index contributed by atoms with van der Waals surface area (Å²) >= 11 is 0. The summed E-state index contributed by atoms with van der Waals surface area (Å²) in [6.07, 6.45) is 2.75. The minimum absolute atomic E-state index is 0.0534. The number of anilines is 1. The molecule has 0 radical (unpaired) electrons. The van der Waals surface area contributed by atoms with Crippen LogP contribution in [0.2, 0.25) is 0 Å². The zero-order chi connectivity index (χ0) is 13.7. The summed E-state index contributed by atoms with van der Waals surface area (Å²) in [6.45, 7) is 2.27. The van der Waals surface area contributed by atoms with E-state index >= 15 is 0 Å². The second-order valence-electron chi connectivity index (χ2n) is 5.23. The number of amides is 1. The largest absolute Gasteiger partial charge is 0.382 e. The summed E-state index contributed by atoms with van der Waals surface area (Å²) in [4.78, 5) is 13.9. The van der Waals surface area contributed by atoms with Crippen LogP contribution in [-0.4, -0.2) is 44.0 Å². The molecule has 0 bridgehead atoms. The van der Waals surface area contributed by atoms with E-state index in [9.17, 15) is 4.79 Å². The highest BCUT2D eigenvalue weighted by molar-refractivity contribution is 5.80. The lowest BCUT2D eigenvalue weighted by molar-refractivity contribution is -0.119. The third-order valence-electron chi connectivity index (χ3n) is 3.73. The maximum atomic E-state index is 11.5. The Balaban J connectivity index is 2.01. The zero-order valence-corrected chi connectivity index (χ0v) is 11.8. The third-order valence-corrected chi connectivity index (χ3v) is 3.73. The van der Waals surface area contributed by atoms with Crippen molar-refractivity contribution in [2.24, 2.45) is 0 Å². The van der Waals surface area contributed by atoms with Crippen LogP contribution in [0.25, 0.3) is 0 Å². The molecule has 0 aliphatic carbocycles. The van der Waals surface area contributed by atoms with Gasteiger partial charge in [-0.3, -0.25) is 4.79 Å². The summed E-state index contributed by atoms with van der Waals surface area (Å²) in [5, 5.41) is 6.27. The summed E-state index contributed by atoms with van der Waals surface area (Å²) in [5.41, 5.74) is 2.17. The number of hydrogen-bond donors (Lipinski definition) is 2. The molecule has 0 spiro atoms. The van der Waals surface area contributed by atoms with Crippen LogP contribution in [0.5, 0.6) is 0 Å². The first-order chi connectivity index (χ1) is 9.19. The fourth-order valence-corrected chi connectivity index (χ4v) is 2.45. The molecule has 1 saturated heterocycles. The fourth-order valence-electron chi connectivity index (χ4n) is 2.45. The minimum atomic E-state index is 0.0534. The van der Waals surface area contributed by atoms with Gasteiger partial charge in [0.05, 0.1) is 6.42 Å². The quantitative estimate of drug-likeness (QED) is 0.863. The molecule has 2 N–H and O–H groups in total. The first-order valence-corrected chi connectivity index (χ1v) is 6.92. The highest BCUT2D eigenvalue weighted by Crippen LogP contribution is 2.20. The van der Waals surface area contributed by atoms with Crippen molar-refractivity contribution in [3.8, 4) is 0 Å². The van der Waals surface area contributed by atoms with Gasteiger partial charge in [0.1, 0.15) is 0 Å². The summed E-state index contributed by atoms with van der Waals surface area (Å²) in [6, 6.07) is 8.60. The topological polar surface area (TPSA) is 44.4 Å². The van der Waals surface area contributed by atoms with Crippen LogP contribution in [-0.2, 0) is 11.2 Å². The molecular formula is C15H23N3O. The molecule has 1 fully saturated rings. The van der Waals surface area contributed by atoms with Crippen LogP contribution in [0.15, 0.2) is 24.3 Å². The molecule has 1 aliphatic heterocycles. The first kappa shape index (κ1) is 13.9. The number of nitrogens with one attached hydrogen (secondary N) is 2. The lowest BCUT2D eigenvalue weighted by Gasteiger charge is -2.30. The van der Waals surface area contributed by atoms with Crippen LogP contribution in [0.3, 0.4) is 0 Å². The van der Waals surface area contributed by atoms with Crippen molar-refractivity contribution in [1.29, 1.82) is 0 Å². The van der Waals surface area contributed by atoms with Gasteiger partial charge in [0.2, 0.25) is 5.91 Å². The number of likely N-dealkylation sites (tertiary alicyclic amines) is 1. The molecule has 19 heavy (non-hydrogen) atoms. The molecule has 0 unspecified atom stereocenters. The van der Waals surface area contributed by atoms with Gasteiger partial charge in [-0.2, -0.15) is 0 Å². The number of carbonyl (C=O) groups excluding carboxylic acids is 1. The number of para-hydroxylation sites is 1. The van der Waals surface area contributed by atoms with Crippen molar-refractivity contribution in [2.75, 3.05) is 32.5 Å². The van der Waals surface area contributed by atoms with Crippen LogP contribution < -0.4 is 10.6 Å².